The number of rotatable bonds is 15. The highest BCUT2D eigenvalue weighted by molar-refractivity contribution is 9.11. The second-order valence-corrected chi connectivity index (χ2v) is 36.2. The van der Waals surface area contributed by atoms with Crippen LogP contribution in [0.4, 0.5) is 19.7 Å². The fraction of sp³-hybridized carbons (Fsp3) is 0.257. The first-order chi connectivity index (χ1) is 67.5. The molecule has 0 spiro atoms. The average molecular weight is 2130 g/mol. The highest BCUT2D eigenvalue weighted by Gasteiger charge is 2.35. The predicted molar refractivity (Wildman–Crippen MR) is 527 cm³/mol. The van der Waals surface area contributed by atoms with Gasteiger partial charge in [-0.1, -0.05) is 121 Å². The lowest BCUT2D eigenvalue weighted by Gasteiger charge is -2.16. The smallest absolute Gasteiger partial charge is 0.433 e. The third-order valence-corrected chi connectivity index (χ3v) is 25.5. The molecule has 7 aliphatic rings. The monoisotopic (exact) mass is 2130 g/mol. The summed E-state index contributed by atoms with van der Waals surface area (Å²) in [6, 6.07) is 51.0. The Morgan fingerprint density at radius 1 is 0.460 bits per heavy atom. The number of nitrogens with two attached hydrogens (primary N) is 1. The number of halogens is 5. The number of carbonyl (C=O) groups excluding carboxylic acids is 4. The van der Waals surface area contributed by atoms with Gasteiger partial charge in [0.2, 0.25) is 17.7 Å². The maximum Gasteiger partial charge on any atom is 0.508 e. The molecule has 0 radical (unpaired) electrons. The van der Waals surface area contributed by atoms with Crippen LogP contribution in [-0.4, -0.2) is 169 Å². The fourth-order valence-corrected chi connectivity index (χ4v) is 18.8. The van der Waals surface area contributed by atoms with Crippen LogP contribution in [0.2, 0.25) is 0 Å². The van der Waals surface area contributed by atoms with Crippen LogP contribution in [0.1, 0.15) is 137 Å². The van der Waals surface area contributed by atoms with Crippen LogP contribution < -0.4 is 38.0 Å². The number of nitrogens with one attached hydrogen (secondary N) is 1. The zero-order chi connectivity index (χ0) is 97.3. The molecule has 15 aromatic rings. The Morgan fingerprint density at radius 3 is 1.26 bits per heavy atom. The zero-order valence-electron chi connectivity index (χ0n) is 74.5. The highest BCUT2D eigenvalue weighted by Crippen LogP contribution is 2.46. The SMILES string of the molecule is C#Cc1cccc(F)n1.COCC1CCc2nc3cc(Br)cnc3c(=O)n21.COCC1CCc2nc3cc(C#Cc4ccccn4)cnc3c(=O)n21.Nc1cc(Br)cnc1OC=O.O=C(OCC1c2ccccc2-c2ccccc21)OCC1CCc2nc3cc(Br)cnc3c(=O)n21.O=C1CCC(COC(=O)OCC2c3ccccc3-c3ccccc32)N1.O=c1c2ncc(Br)cc2nc2n1C(CO)CC2. The number of nitrogen functional groups attached to an aromatic ring is 1. The molecule has 1 saturated heterocycles. The largest absolute Gasteiger partial charge is 0.508 e. The number of carbonyl (C=O) groups is 4. The molecule has 2 aliphatic carbocycles. The minimum atomic E-state index is -0.737. The van der Waals surface area contributed by atoms with Crippen LogP contribution >= 0.6 is 63.7 Å². The number of aliphatic hydroxyl groups excluding tert-OH is 1. The van der Waals surface area contributed by atoms with Gasteiger partial charge in [-0.15, -0.1) is 6.42 Å². The second kappa shape index (κ2) is 45.3. The number of methoxy groups -OCH3 is 2. The van der Waals surface area contributed by atoms with E-state index in [2.05, 4.69) is 195 Å². The van der Waals surface area contributed by atoms with E-state index in [1.165, 1.54) is 51.7 Å². The van der Waals surface area contributed by atoms with Crippen molar-refractivity contribution in [1.29, 1.82) is 0 Å². The minimum absolute atomic E-state index is 0.00105. The summed E-state index contributed by atoms with van der Waals surface area (Å²) in [6.07, 6.45) is 20.4. The van der Waals surface area contributed by atoms with E-state index in [1.54, 1.807) is 87.7 Å². The normalized spacial score (nSPS) is 16.0. The van der Waals surface area contributed by atoms with Gasteiger partial charge in [0.1, 0.15) is 61.1 Å². The first kappa shape index (κ1) is 97.7. The van der Waals surface area contributed by atoms with Gasteiger partial charge >= 0.3 is 12.3 Å². The molecule has 706 valence electrons. The molecule has 16 heterocycles. The van der Waals surface area contributed by atoms with Gasteiger partial charge in [-0.2, -0.15) is 4.39 Å². The fourth-order valence-electron chi connectivity index (χ4n) is 17.5. The van der Waals surface area contributed by atoms with Crippen LogP contribution in [0.25, 0.3) is 66.4 Å². The molecule has 139 heavy (non-hydrogen) atoms. The summed E-state index contributed by atoms with van der Waals surface area (Å²) < 4.78 is 58.2. The quantitative estimate of drug-likeness (QED) is 0.0371. The molecule has 1 fully saturated rings. The standard InChI is InChI=1S/C26H20BrN3O4.C20H19NO4.C19H16N4O2.C12H12BrN3O2.C11H10BrN3O2.C7H4FN.C6H5BrN2O2/c27-15-11-22-24(28-12-15)25(31)30-16(9-10-23(30)29-22)13-33-26(32)34-14-21-19-7-3-1-5-17(19)18-6-2-4-8-20(18)21;22-19-10-9-13(21-19)11-24-20(23)25-12-18-16-7-3-1-5-14(16)15-6-2-4-8-17(15)18;1-25-12-15-7-8-17-22-16-10-13(5-6-14-4-2-3-9-20-14)11-21-18(16)19(24)23(15)17;1-18-6-8-2-3-10-15-9-4-7(13)5-14-11(9)12(17)16(8)10;12-6-3-8-10(13-4-6)11(17)15-7(5-16)1-2-9(15)14-8;1-2-6-4-3-5-7(8)9-6;7-4-1-5(8)6(9-2-4)11-3-10/h1-8,11-12,16,21H,9-10,13-14H2;1-8,13,18H,9-12H2,(H,21,22);2-4,9-11,15H,7-8,12H2,1H3;4-5,8H,2-3,6H2,1H3;3-4,7,16H,1-2,5H2;1,3-5H;1-3H,8H2. The number of aromatic nitrogens is 15. The summed E-state index contributed by atoms with van der Waals surface area (Å²) in [4.78, 5) is 142. The molecule has 5 unspecified atom stereocenters. The Hall–Kier alpha value is -14.4. The van der Waals surface area contributed by atoms with Crippen LogP contribution in [0.5, 0.6) is 5.88 Å². The number of terminal acetylenes is 1. The summed E-state index contributed by atoms with van der Waals surface area (Å²) in [6.45, 7) is 1.94. The Kier molecular flexibility index (Phi) is 31.8. The van der Waals surface area contributed by atoms with E-state index in [9.17, 15) is 47.9 Å². The Morgan fingerprint density at radius 2 is 0.856 bits per heavy atom. The van der Waals surface area contributed by atoms with Gasteiger partial charge in [0.15, 0.2) is 22.1 Å². The van der Waals surface area contributed by atoms with E-state index in [4.69, 9.17) is 40.6 Å². The van der Waals surface area contributed by atoms with E-state index in [0.29, 0.717) is 111 Å². The lowest BCUT2D eigenvalue weighted by Crippen LogP contribution is -2.31. The molecule has 22 rings (SSSR count). The van der Waals surface area contributed by atoms with Gasteiger partial charge in [0, 0.05) is 119 Å². The Bertz CT molecular complexity index is 7480. The van der Waals surface area contributed by atoms with Crippen molar-refractivity contribution in [3.63, 3.8) is 0 Å². The Balaban J connectivity index is 0.000000121. The second-order valence-electron chi connectivity index (χ2n) is 32.5. The van der Waals surface area contributed by atoms with Crippen LogP contribution in [0.3, 0.4) is 0 Å². The van der Waals surface area contributed by atoms with Gasteiger partial charge < -0.3 is 49.3 Å². The van der Waals surface area contributed by atoms with Crippen LogP contribution in [-0.2, 0) is 63.7 Å². The summed E-state index contributed by atoms with van der Waals surface area (Å²) in [7, 11) is 3.29. The van der Waals surface area contributed by atoms with Crippen molar-refractivity contribution >= 4 is 138 Å². The number of amides is 1. The summed E-state index contributed by atoms with van der Waals surface area (Å²) in [5, 5.41) is 12.0. The number of nitrogens with zero attached hydrogens (tertiary/aromatic N) is 15. The molecule has 11 aromatic heterocycles. The lowest BCUT2D eigenvalue weighted by molar-refractivity contribution is -0.121. The first-order valence-electron chi connectivity index (χ1n) is 44.0. The van der Waals surface area contributed by atoms with E-state index in [1.807, 2.05) is 78.9 Å². The van der Waals surface area contributed by atoms with Crippen molar-refractivity contribution in [2.75, 3.05) is 66.2 Å². The lowest BCUT2D eigenvalue weighted by atomic mass is 9.98. The van der Waals surface area contributed by atoms with Crippen LogP contribution in [0, 0.1) is 30.1 Å². The molecular formula is C101H86Br4FN17O16. The van der Waals surface area contributed by atoms with Gasteiger partial charge in [0.25, 0.3) is 28.7 Å². The average Bonchev–Trinajstić information content (AvgIpc) is 1.80. The predicted octanol–water partition coefficient (Wildman–Crippen LogP) is 14.8. The van der Waals surface area contributed by atoms with Crippen molar-refractivity contribution in [2.24, 2.45) is 0 Å². The molecule has 0 bridgehead atoms. The van der Waals surface area contributed by atoms with E-state index in [-0.39, 0.29) is 116 Å². The molecular weight excluding hydrogens is 2050 g/mol. The molecule has 33 nitrogen and oxygen atoms in total. The minimum Gasteiger partial charge on any atom is -0.433 e. The third kappa shape index (κ3) is 22.7. The summed E-state index contributed by atoms with van der Waals surface area (Å²) in [5.74, 6) is 10.8. The van der Waals surface area contributed by atoms with Crippen molar-refractivity contribution in [3.05, 3.63) is 329 Å². The highest BCUT2D eigenvalue weighted by atomic mass is 79.9. The summed E-state index contributed by atoms with van der Waals surface area (Å²) >= 11 is 13.2. The number of pyridine rings is 7. The molecule has 38 heteroatoms. The Labute approximate surface area is 826 Å². The van der Waals surface area contributed by atoms with Crippen molar-refractivity contribution in [3.8, 4) is 52.3 Å². The van der Waals surface area contributed by atoms with Gasteiger partial charge in [-0.05, 0) is 201 Å². The third-order valence-electron chi connectivity index (χ3n) is 23.8. The van der Waals surface area contributed by atoms with Gasteiger partial charge in [-0.3, -0.25) is 47.0 Å². The summed E-state index contributed by atoms with van der Waals surface area (Å²) in [5.41, 5.74) is 20.1. The van der Waals surface area contributed by atoms with E-state index < -0.39 is 18.3 Å². The van der Waals surface area contributed by atoms with Crippen LogP contribution in [0.15, 0.2) is 238 Å². The van der Waals surface area contributed by atoms with Crippen molar-refractivity contribution in [2.45, 2.75) is 106 Å². The van der Waals surface area contributed by atoms with Gasteiger partial charge in [-0.25, -0.2) is 64.4 Å². The van der Waals surface area contributed by atoms with Crippen molar-refractivity contribution < 1.29 is 61.8 Å². The molecule has 5 aliphatic heterocycles. The zero-order valence-corrected chi connectivity index (χ0v) is 80.9. The van der Waals surface area contributed by atoms with Crippen molar-refractivity contribution in [1.82, 2.24) is 78.4 Å². The number of benzene rings is 4. The first-order valence-corrected chi connectivity index (χ1v) is 47.2. The maximum atomic E-state index is 13.0. The molecule has 0 saturated carbocycles. The molecule has 5 atom stereocenters. The number of fused-ring (bicyclic) bond motifs is 14. The number of hydrogen-bond acceptors (Lipinski definition) is 28. The molecule has 1 amide bonds. The number of aryl methyl sites for hydroxylation is 4. The number of aliphatic hydroxyl groups is 1. The maximum absolute atomic E-state index is 13.0. The van der Waals surface area contributed by atoms with E-state index >= 15 is 0 Å². The molecule has 4 aromatic carbocycles. The van der Waals surface area contributed by atoms with E-state index in [0.717, 1.165) is 85.0 Å². The number of hydrogen-bond donors (Lipinski definition) is 3. The number of anilines is 1. The van der Waals surface area contributed by atoms with Gasteiger partial charge in [0.05, 0.1) is 77.8 Å². The topological polar surface area (TPSA) is 421 Å². The molecule has 4 N–H and O–H groups in total. The number of ether oxygens (including phenoxy) is 7.